The van der Waals surface area contributed by atoms with Crippen LogP contribution in [-0.4, -0.2) is 19.0 Å². The molecule has 0 unspecified atom stereocenters. The van der Waals surface area contributed by atoms with E-state index in [9.17, 15) is 0 Å². The summed E-state index contributed by atoms with van der Waals surface area (Å²) in [5, 5.41) is 12.9. The molecular weight excluding hydrogens is 183 g/mol. The van der Waals surface area contributed by atoms with E-state index in [-0.39, 0.29) is 0 Å². The predicted molar refractivity (Wildman–Crippen MR) is 49.2 cm³/mol. The molecule has 0 spiro atoms. The average Bonchev–Trinajstić information content (AvgIpc) is 2.15. The van der Waals surface area contributed by atoms with Crippen molar-refractivity contribution in [2.45, 2.75) is 6.92 Å². The van der Waals surface area contributed by atoms with E-state index in [4.69, 9.17) is 16.3 Å². The quantitative estimate of drug-likeness (QED) is 0.622. The topological polar surface area (TPSA) is 58.0 Å². The Kier molecular flexibility index (Phi) is 2.99. The molecule has 1 rings (SSSR count). The zero-order valence-electron chi connectivity index (χ0n) is 6.02. The van der Waals surface area contributed by atoms with Crippen LogP contribution in [0, 0.1) is 0 Å². The van der Waals surface area contributed by atoms with Gasteiger partial charge in [0.25, 0.3) is 6.57 Å². The van der Waals surface area contributed by atoms with Gasteiger partial charge in [0.05, 0.1) is 19.0 Å². The summed E-state index contributed by atoms with van der Waals surface area (Å²) in [6.45, 7) is 0.195. The Morgan fingerprint density at radius 1 is 1.45 bits per heavy atom. The van der Waals surface area contributed by atoms with E-state index < -0.39 is 6.57 Å². The highest BCUT2D eigenvalue weighted by molar-refractivity contribution is 8.10. The Balaban J connectivity index is 2.63. The van der Waals surface area contributed by atoms with Crippen molar-refractivity contribution in [3.05, 3.63) is 0 Å². The SMILES string of the molecule is CCOP1(=S)NN=CC=NN1. The molecule has 0 radical (unpaired) electrons. The van der Waals surface area contributed by atoms with Crippen LogP contribution in [0.2, 0.25) is 0 Å². The molecule has 1 aliphatic rings. The highest BCUT2D eigenvalue weighted by Gasteiger charge is 2.15. The fraction of sp³-hybridized carbons (Fsp3) is 0.500. The molecular formula is C4H9N4OPS. The summed E-state index contributed by atoms with van der Waals surface area (Å²) in [6, 6.07) is 0. The van der Waals surface area contributed by atoms with Crippen LogP contribution in [0.15, 0.2) is 10.2 Å². The Morgan fingerprint density at radius 3 is 2.45 bits per heavy atom. The van der Waals surface area contributed by atoms with Crippen LogP contribution in [0.25, 0.3) is 0 Å². The summed E-state index contributed by atoms with van der Waals surface area (Å²) in [5.41, 5.74) is 0. The lowest BCUT2D eigenvalue weighted by Crippen LogP contribution is -2.14. The van der Waals surface area contributed by atoms with Gasteiger partial charge < -0.3 is 4.52 Å². The lowest BCUT2D eigenvalue weighted by atomic mass is 10.8. The number of rotatable bonds is 2. The van der Waals surface area contributed by atoms with Gasteiger partial charge in [0.15, 0.2) is 0 Å². The molecule has 0 saturated heterocycles. The molecule has 0 atom stereocenters. The third-order valence-corrected chi connectivity index (χ3v) is 3.09. The molecule has 0 amide bonds. The molecule has 7 heteroatoms. The first-order valence-corrected chi connectivity index (χ1v) is 5.83. The fourth-order valence-electron chi connectivity index (χ4n) is 0.547. The van der Waals surface area contributed by atoms with Gasteiger partial charge >= 0.3 is 0 Å². The first-order valence-electron chi connectivity index (χ1n) is 3.11. The first-order chi connectivity index (χ1) is 5.27. The van der Waals surface area contributed by atoms with Crippen LogP contribution >= 0.6 is 6.57 Å². The fourth-order valence-corrected chi connectivity index (χ4v) is 2.11. The van der Waals surface area contributed by atoms with Gasteiger partial charge in [-0.05, 0) is 18.7 Å². The largest absolute Gasteiger partial charge is 0.317 e. The highest BCUT2D eigenvalue weighted by atomic mass is 32.4. The van der Waals surface area contributed by atoms with Crippen LogP contribution < -0.4 is 10.4 Å². The average molecular weight is 192 g/mol. The minimum atomic E-state index is -2.22. The van der Waals surface area contributed by atoms with Gasteiger partial charge in [-0.1, -0.05) is 0 Å². The molecule has 0 aromatic heterocycles. The van der Waals surface area contributed by atoms with Gasteiger partial charge in [0.1, 0.15) is 0 Å². The van der Waals surface area contributed by atoms with E-state index in [1.165, 1.54) is 12.4 Å². The van der Waals surface area contributed by atoms with Crippen molar-refractivity contribution in [2.75, 3.05) is 6.61 Å². The molecule has 5 nitrogen and oxygen atoms in total. The molecule has 0 aliphatic carbocycles. The molecule has 0 bridgehead atoms. The molecule has 0 saturated carbocycles. The van der Waals surface area contributed by atoms with E-state index in [0.29, 0.717) is 6.61 Å². The Hall–Kier alpha value is -0.450. The van der Waals surface area contributed by atoms with Crippen molar-refractivity contribution in [1.82, 2.24) is 10.4 Å². The van der Waals surface area contributed by atoms with Crippen LogP contribution in [0.3, 0.4) is 0 Å². The zero-order chi connectivity index (χ0) is 8.16. The molecule has 0 aromatic carbocycles. The van der Waals surface area contributed by atoms with Gasteiger partial charge in [-0.25, -0.2) is 10.4 Å². The van der Waals surface area contributed by atoms with Gasteiger partial charge in [-0.2, -0.15) is 10.2 Å². The van der Waals surface area contributed by atoms with Crippen molar-refractivity contribution >= 4 is 30.8 Å². The van der Waals surface area contributed by atoms with Gasteiger partial charge in [0.2, 0.25) is 0 Å². The van der Waals surface area contributed by atoms with E-state index in [1.807, 2.05) is 6.92 Å². The molecule has 1 heterocycles. The number of nitrogens with one attached hydrogen (secondary N) is 2. The highest BCUT2D eigenvalue weighted by Crippen LogP contribution is 2.37. The van der Waals surface area contributed by atoms with E-state index in [0.717, 1.165) is 0 Å². The minimum Gasteiger partial charge on any atom is -0.317 e. The maximum absolute atomic E-state index is 5.23. The third kappa shape index (κ3) is 2.57. The number of hydrogen-bond acceptors (Lipinski definition) is 4. The predicted octanol–water partition coefficient (Wildman–Crippen LogP) is 0.412. The van der Waals surface area contributed by atoms with Crippen LogP contribution in [0.1, 0.15) is 6.92 Å². The Morgan fingerprint density at radius 2 is 2.00 bits per heavy atom. The monoisotopic (exact) mass is 192 g/mol. The molecule has 62 valence electrons. The number of nitrogens with zero attached hydrogens (tertiary/aromatic N) is 2. The summed E-state index contributed by atoms with van der Waals surface area (Å²) < 4.78 is 5.23. The van der Waals surface area contributed by atoms with Crippen molar-refractivity contribution in [3.8, 4) is 0 Å². The molecule has 1 aliphatic heterocycles. The Bertz CT molecular complexity index is 210. The van der Waals surface area contributed by atoms with E-state index >= 15 is 0 Å². The first kappa shape index (κ1) is 8.64. The molecule has 2 N–H and O–H groups in total. The van der Waals surface area contributed by atoms with Gasteiger partial charge in [0, 0.05) is 0 Å². The van der Waals surface area contributed by atoms with Gasteiger partial charge in [-0.3, -0.25) is 0 Å². The van der Waals surface area contributed by atoms with Crippen LogP contribution in [0.4, 0.5) is 0 Å². The van der Waals surface area contributed by atoms with Crippen LogP contribution in [0.5, 0.6) is 0 Å². The summed E-state index contributed by atoms with van der Waals surface area (Å²) in [6.07, 6.45) is 3.03. The second-order valence-corrected chi connectivity index (χ2v) is 5.03. The van der Waals surface area contributed by atoms with E-state index in [1.54, 1.807) is 0 Å². The van der Waals surface area contributed by atoms with Gasteiger partial charge in [-0.15, -0.1) is 0 Å². The lowest BCUT2D eigenvalue weighted by molar-refractivity contribution is 0.364. The second kappa shape index (κ2) is 3.80. The number of hydrogen-bond donors (Lipinski definition) is 2. The third-order valence-electron chi connectivity index (χ3n) is 0.905. The smallest absolute Gasteiger partial charge is 0.280 e. The summed E-state index contributed by atoms with van der Waals surface area (Å²) in [5.74, 6) is 0. The zero-order valence-corrected chi connectivity index (χ0v) is 7.73. The van der Waals surface area contributed by atoms with Crippen molar-refractivity contribution < 1.29 is 4.52 Å². The van der Waals surface area contributed by atoms with E-state index in [2.05, 4.69) is 20.6 Å². The Labute approximate surface area is 70.1 Å². The normalized spacial score (nSPS) is 20.1. The number of hydrazone groups is 2. The lowest BCUT2D eigenvalue weighted by Gasteiger charge is -2.17. The maximum atomic E-state index is 5.23. The standard InChI is InChI=1S/C4H9N4OPS/c1-2-9-10(11)7-5-3-4-6-8-10/h3-4H,2H2,1H3,(H2,7,8,11). The maximum Gasteiger partial charge on any atom is 0.280 e. The summed E-state index contributed by atoms with van der Waals surface area (Å²) >= 11 is 5.08. The van der Waals surface area contributed by atoms with Crippen molar-refractivity contribution in [3.63, 3.8) is 0 Å². The van der Waals surface area contributed by atoms with Crippen LogP contribution in [-0.2, 0) is 16.3 Å². The second-order valence-electron chi connectivity index (χ2n) is 1.73. The molecule has 11 heavy (non-hydrogen) atoms. The summed E-state index contributed by atoms with van der Waals surface area (Å²) in [4.78, 5) is 0. The van der Waals surface area contributed by atoms with Crippen molar-refractivity contribution in [1.29, 1.82) is 0 Å². The molecule has 0 fully saturated rings. The summed E-state index contributed by atoms with van der Waals surface area (Å²) in [7, 11) is 0. The molecule has 0 aromatic rings. The minimum absolute atomic E-state index is 0.544. The van der Waals surface area contributed by atoms with Crippen molar-refractivity contribution in [2.24, 2.45) is 10.2 Å².